The zero-order chi connectivity index (χ0) is 14.1. The fraction of sp³-hybridized carbons (Fsp3) is 0.765. The van der Waals surface area contributed by atoms with Gasteiger partial charge in [-0.2, -0.15) is 0 Å². The molecule has 3 rings (SSSR count). The zero-order valence-electron chi connectivity index (χ0n) is 13.1. The Balaban J connectivity index is 1.78. The highest BCUT2D eigenvalue weighted by atomic mass is 15.0. The molecule has 20 heavy (non-hydrogen) atoms. The first-order valence-electron chi connectivity index (χ1n) is 8.28. The normalized spacial score (nSPS) is 26.0. The summed E-state index contributed by atoms with van der Waals surface area (Å²) >= 11 is 0. The Hall–Kier alpha value is -0.960. The molecule has 0 atom stereocenters. The summed E-state index contributed by atoms with van der Waals surface area (Å²) in [5.74, 6) is 3.47. The van der Waals surface area contributed by atoms with Crippen molar-refractivity contribution in [3.8, 4) is 0 Å². The highest BCUT2D eigenvalue weighted by Gasteiger charge is 2.27. The van der Waals surface area contributed by atoms with Gasteiger partial charge in [-0.1, -0.05) is 20.8 Å². The second kappa shape index (κ2) is 5.80. The lowest BCUT2D eigenvalue weighted by Crippen LogP contribution is -2.20. The summed E-state index contributed by atoms with van der Waals surface area (Å²) in [6.07, 6.45) is 6.28. The first-order valence-corrected chi connectivity index (χ1v) is 8.28. The van der Waals surface area contributed by atoms with E-state index in [2.05, 4.69) is 26.1 Å². The molecule has 2 aliphatic rings. The minimum Gasteiger partial charge on any atom is -0.307 e. The van der Waals surface area contributed by atoms with Gasteiger partial charge in [0, 0.05) is 30.3 Å². The lowest BCUT2D eigenvalue weighted by molar-refractivity contribution is 0.254. The Kier molecular flexibility index (Phi) is 4.06. The second-order valence-electron chi connectivity index (χ2n) is 6.77. The average molecular weight is 273 g/mol. The van der Waals surface area contributed by atoms with Gasteiger partial charge >= 0.3 is 0 Å². The van der Waals surface area contributed by atoms with Gasteiger partial charge in [-0.05, 0) is 43.9 Å². The molecule has 1 N–H and O–H groups in total. The number of rotatable bonds is 3. The minimum absolute atomic E-state index is 0.598. The van der Waals surface area contributed by atoms with Gasteiger partial charge in [0.1, 0.15) is 5.82 Å². The molecule has 2 heterocycles. The second-order valence-corrected chi connectivity index (χ2v) is 6.77. The first kappa shape index (κ1) is 14.0. The number of aryl methyl sites for hydroxylation is 1. The predicted molar refractivity (Wildman–Crippen MR) is 81.5 cm³/mol. The molecule has 3 nitrogen and oxygen atoms in total. The minimum atomic E-state index is 0.598. The van der Waals surface area contributed by atoms with Crippen molar-refractivity contribution in [3.63, 3.8) is 0 Å². The molecule has 1 aromatic heterocycles. The maximum Gasteiger partial charge on any atom is 0.132 e. The van der Waals surface area contributed by atoms with Crippen LogP contribution in [0.2, 0.25) is 0 Å². The average Bonchev–Trinajstić information content (AvgIpc) is 2.94. The van der Waals surface area contributed by atoms with E-state index in [0.717, 1.165) is 37.2 Å². The van der Waals surface area contributed by atoms with Crippen molar-refractivity contribution in [2.45, 2.75) is 71.9 Å². The molecular weight excluding hydrogens is 246 g/mol. The molecule has 1 fully saturated rings. The van der Waals surface area contributed by atoms with Crippen LogP contribution in [0.3, 0.4) is 0 Å². The number of nitrogens with one attached hydrogen (secondary N) is 1. The van der Waals surface area contributed by atoms with Crippen LogP contribution in [0, 0.1) is 11.8 Å². The Labute approximate surface area is 122 Å². The number of nitrogens with zero attached hydrogens (tertiary/aromatic N) is 2. The van der Waals surface area contributed by atoms with Gasteiger partial charge in [0.25, 0.3) is 0 Å². The smallest absolute Gasteiger partial charge is 0.132 e. The maximum atomic E-state index is 4.91. The van der Waals surface area contributed by atoms with Gasteiger partial charge < -0.3 is 5.32 Å². The number of aromatic nitrogens is 2. The molecule has 0 spiro atoms. The summed E-state index contributed by atoms with van der Waals surface area (Å²) in [6.45, 7) is 8.81. The molecule has 0 radical (unpaired) electrons. The topological polar surface area (TPSA) is 37.8 Å². The molecule has 1 aliphatic carbocycles. The van der Waals surface area contributed by atoms with E-state index >= 15 is 0 Å². The maximum absolute atomic E-state index is 4.91. The lowest BCUT2D eigenvalue weighted by Gasteiger charge is -2.30. The predicted octanol–water partition coefficient (Wildman–Crippen LogP) is 3.57. The van der Waals surface area contributed by atoms with Gasteiger partial charge in [-0.25, -0.2) is 9.97 Å². The van der Waals surface area contributed by atoms with Gasteiger partial charge in [0.05, 0.1) is 5.69 Å². The summed E-state index contributed by atoms with van der Waals surface area (Å²) in [5.41, 5.74) is 3.91. The van der Waals surface area contributed by atoms with E-state index in [0.29, 0.717) is 5.92 Å². The Bertz CT molecular complexity index is 473. The van der Waals surface area contributed by atoms with Crippen LogP contribution in [0.25, 0.3) is 0 Å². The highest BCUT2D eigenvalue weighted by molar-refractivity contribution is 5.30. The largest absolute Gasteiger partial charge is 0.307 e. The molecular formula is C17H27N3. The monoisotopic (exact) mass is 273 g/mol. The van der Waals surface area contributed by atoms with Crippen LogP contribution in [0.1, 0.15) is 75.1 Å². The first-order chi connectivity index (χ1) is 9.69. The molecule has 110 valence electrons. The van der Waals surface area contributed by atoms with Crippen LogP contribution in [-0.2, 0) is 19.5 Å². The van der Waals surface area contributed by atoms with E-state index in [9.17, 15) is 0 Å². The zero-order valence-corrected chi connectivity index (χ0v) is 13.1. The van der Waals surface area contributed by atoms with Crippen LogP contribution in [-0.4, -0.2) is 9.97 Å². The molecule has 0 amide bonds. The summed E-state index contributed by atoms with van der Waals surface area (Å²) < 4.78 is 0. The van der Waals surface area contributed by atoms with Crippen molar-refractivity contribution < 1.29 is 0 Å². The third-order valence-electron chi connectivity index (χ3n) is 5.20. The van der Waals surface area contributed by atoms with E-state index in [1.54, 1.807) is 0 Å². The van der Waals surface area contributed by atoms with Crippen molar-refractivity contribution in [1.29, 1.82) is 0 Å². The van der Waals surface area contributed by atoms with Crippen molar-refractivity contribution in [2.24, 2.45) is 11.8 Å². The van der Waals surface area contributed by atoms with Crippen molar-refractivity contribution in [2.75, 3.05) is 0 Å². The molecule has 0 saturated heterocycles. The van der Waals surface area contributed by atoms with Gasteiger partial charge in [-0.3, -0.25) is 0 Å². The molecule has 0 unspecified atom stereocenters. The molecule has 0 bridgehead atoms. The van der Waals surface area contributed by atoms with Crippen LogP contribution >= 0.6 is 0 Å². The van der Waals surface area contributed by atoms with E-state index in [1.165, 1.54) is 42.6 Å². The summed E-state index contributed by atoms with van der Waals surface area (Å²) in [7, 11) is 0. The highest BCUT2D eigenvalue weighted by Crippen LogP contribution is 2.38. The van der Waals surface area contributed by atoms with Crippen LogP contribution < -0.4 is 5.32 Å². The molecule has 3 heteroatoms. The Morgan fingerprint density at radius 1 is 1.10 bits per heavy atom. The van der Waals surface area contributed by atoms with E-state index in [4.69, 9.17) is 9.97 Å². The molecule has 0 aromatic carbocycles. The number of hydrogen-bond acceptors (Lipinski definition) is 3. The summed E-state index contributed by atoms with van der Waals surface area (Å²) in [5, 5.41) is 3.41. The summed E-state index contributed by atoms with van der Waals surface area (Å²) in [4.78, 5) is 9.79. The Morgan fingerprint density at radius 3 is 2.50 bits per heavy atom. The third-order valence-corrected chi connectivity index (χ3v) is 5.20. The number of fused-ring (bicyclic) bond motifs is 1. The molecule has 1 aliphatic heterocycles. The van der Waals surface area contributed by atoms with Crippen molar-refractivity contribution in [3.05, 3.63) is 22.8 Å². The van der Waals surface area contributed by atoms with Crippen molar-refractivity contribution >= 4 is 0 Å². The fourth-order valence-corrected chi connectivity index (χ4v) is 3.78. The van der Waals surface area contributed by atoms with Crippen molar-refractivity contribution in [1.82, 2.24) is 15.3 Å². The molecule has 1 saturated carbocycles. The van der Waals surface area contributed by atoms with E-state index in [1.807, 2.05) is 0 Å². The summed E-state index contributed by atoms with van der Waals surface area (Å²) in [6, 6.07) is 0. The van der Waals surface area contributed by atoms with Gasteiger partial charge in [0.15, 0.2) is 0 Å². The van der Waals surface area contributed by atoms with Gasteiger partial charge in [0.2, 0.25) is 0 Å². The van der Waals surface area contributed by atoms with Crippen LogP contribution in [0.5, 0.6) is 0 Å². The number of hydrogen-bond donors (Lipinski definition) is 1. The fourth-order valence-electron chi connectivity index (χ4n) is 3.78. The van der Waals surface area contributed by atoms with Crippen LogP contribution in [0.15, 0.2) is 0 Å². The lowest BCUT2D eigenvalue weighted by atomic mass is 9.76. The quantitative estimate of drug-likeness (QED) is 0.915. The van der Waals surface area contributed by atoms with Crippen LogP contribution in [0.4, 0.5) is 0 Å². The third kappa shape index (κ3) is 2.60. The van der Waals surface area contributed by atoms with E-state index < -0.39 is 0 Å². The SMILES string of the molecule is CCc1nc(C2CCC(C(C)C)CC2)nc2c1CNC2. The standard InChI is InChI=1S/C17H27N3/c1-4-15-14-9-18-10-16(14)20-17(19-15)13-7-5-12(6-8-13)11(2)3/h11-13,18H,4-10H2,1-3H3. The Morgan fingerprint density at radius 2 is 1.85 bits per heavy atom. The van der Waals surface area contributed by atoms with E-state index in [-0.39, 0.29) is 0 Å². The molecule has 1 aromatic rings. The van der Waals surface area contributed by atoms with Gasteiger partial charge in [-0.15, -0.1) is 0 Å².